The lowest BCUT2D eigenvalue weighted by Crippen LogP contribution is -2.19. The van der Waals surface area contributed by atoms with Crippen molar-refractivity contribution in [2.75, 3.05) is 0 Å². The van der Waals surface area contributed by atoms with Gasteiger partial charge in [0.05, 0.1) is 6.54 Å². The molecule has 2 aromatic rings. The summed E-state index contributed by atoms with van der Waals surface area (Å²) in [5, 5.41) is 13.0. The number of hydrogen-bond donors (Lipinski definition) is 0. The topological polar surface area (TPSA) is 65.6 Å². The van der Waals surface area contributed by atoms with E-state index in [-0.39, 0.29) is 4.87 Å². The maximum atomic E-state index is 11.4. The molecule has 0 aliphatic heterocycles. The van der Waals surface area contributed by atoms with Crippen LogP contribution in [0.2, 0.25) is 0 Å². The third-order valence-corrected chi connectivity index (χ3v) is 3.10. The Balaban J connectivity index is 2.12. The quantitative estimate of drug-likeness (QED) is 0.749. The predicted octanol–water partition coefficient (Wildman–Crippen LogP) is 0.213. The molecule has 2 rings (SSSR count). The lowest BCUT2D eigenvalue weighted by Gasteiger charge is -2.04. The highest BCUT2D eigenvalue weighted by atomic mass is 32.1. The molecule has 0 saturated carbocycles. The van der Waals surface area contributed by atoms with Crippen molar-refractivity contribution in [1.82, 2.24) is 24.8 Å². The number of tetrazole rings is 1. The molecule has 0 amide bonds. The summed E-state index contributed by atoms with van der Waals surface area (Å²) in [7, 11) is 0. The molecule has 6 nitrogen and oxygen atoms in total. The minimum atomic E-state index is 0.0678. The summed E-state index contributed by atoms with van der Waals surface area (Å²) in [6.07, 6.45) is 0. The van der Waals surface area contributed by atoms with Gasteiger partial charge in [-0.2, -0.15) is 0 Å². The molecule has 0 unspecified atom stereocenters. The third-order valence-electron chi connectivity index (χ3n) is 2.22. The van der Waals surface area contributed by atoms with E-state index in [0.717, 1.165) is 11.5 Å². The monoisotopic (exact) mass is 225 g/mol. The Bertz CT molecular complexity index is 511. The molecule has 0 bridgehead atoms. The van der Waals surface area contributed by atoms with Gasteiger partial charge in [0, 0.05) is 17.6 Å². The number of rotatable bonds is 3. The van der Waals surface area contributed by atoms with E-state index < -0.39 is 0 Å². The van der Waals surface area contributed by atoms with Crippen LogP contribution >= 0.6 is 11.3 Å². The Labute approximate surface area is 90.2 Å². The second-order valence-electron chi connectivity index (χ2n) is 3.24. The Hall–Kier alpha value is -1.50. The van der Waals surface area contributed by atoms with Crippen molar-refractivity contribution < 1.29 is 0 Å². The molecule has 0 aliphatic carbocycles. The van der Waals surface area contributed by atoms with E-state index in [1.54, 1.807) is 9.25 Å². The fourth-order valence-corrected chi connectivity index (χ4v) is 2.09. The summed E-state index contributed by atoms with van der Waals surface area (Å²) in [6, 6.07) is 0. The zero-order valence-corrected chi connectivity index (χ0v) is 9.36. The summed E-state index contributed by atoms with van der Waals surface area (Å²) in [5.41, 5.74) is 0.982. The predicted molar refractivity (Wildman–Crippen MR) is 55.9 cm³/mol. The van der Waals surface area contributed by atoms with Gasteiger partial charge in [-0.25, -0.2) is 4.68 Å². The van der Waals surface area contributed by atoms with Crippen molar-refractivity contribution in [3.8, 4) is 0 Å². The summed E-state index contributed by atoms with van der Waals surface area (Å²) < 4.78 is 3.41. The van der Waals surface area contributed by atoms with Gasteiger partial charge in [0.2, 0.25) is 0 Å². The van der Waals surface area contributed by atoms with Crippen molar-refractivity contribution in [3.63, 3.8) is 0 Å². The average Bonchev–Trinajstić information content (AvgIpc) is 2.73. The number of nitrogens with zero attached hydrogens (tertiary/aromatic N) is 5. The van der Waals surface area contributed by atoms with E-state index in [0.29, 0.717) is 13.1 Å². The molecule has 2 aromatic heterocycles. The fourth-order valence-electron chi connectivity index (χ4n) is 1.33. The van der Waals surface area contributed by atoms with Crippen molar-refractivity contribution >= 4 is 11.3 Å². The van der Waals surface area contributed by atoms with Crippen LogP contribution in [0.25, 0.3) is 0 Å². The first-order chi connectivity index (χ1) is 7.18. The van der Waals surface area contributed by atoms with Crippen LogP contribution in [0.1, 0.15) is 11.5 Å². The lowest BCUT2D eigenvalue weighted by molar-refractivity contribution is 0.501. The molecule has 0 N–H and O–H groups in total. The van der Waals surface area contributed by atoms with E-state index in [2.05, 4.69) is 15.5 Å². The lowest BCUT2D eigenvalue weighted by atomic mass is 10.5. The van der Waals surface area contributed by atoms with Gasteiger partial charge in [-0.3, -0.25) is 4.79 Å². The molecule has 15 heavy (non-hydrogen) atoms. The minimum absolute atomic E-state index is 0.0678. The SMILES string of the molecule is Cc1nnnn1CCn1c(C)csc1=O. The van der Waals surface area contributed by atoms with Gasteiger partial charge in [0.15, 0.2) is 0 Å². The van der Waals surface area contributed by atoms with Crippen LogP contribution in [-0.4, -0.2) is 24.8 Å². The third kappa shape index (κ3) is 1.96. The van der Waals surface area contributed by atoms with Crippen LogP contribution in [-0.2, 0) is 13.1 Å². The normalized spacial score (nSPS) is 10.8. The summed E-state index contributed by atoms with van der Waals surface area (Å²) in [4.78, 5) is 11.5. The van der Waals surface area contributed by atoms with Crippen molar-refractivity contribution in [2.45, 2.75) is 26.9 Å². The Morgan fingerprint density at radius 1 is 1.40 bits per heavy atom. The number of aromatic nitrogens is 5. The molecule has 80 valence electrons. The zero-order chi connectivity index (χ0) is 10.8. The number of hydrogen-bond acceptors (Lipinski definition) is 5. The van der Waals surface area contributed by atoms with E-state index in [9.17, 15) is 4.79 Å². The van der Waals surface area contributed by atoms with Gasteiger partial charge in [0.25, 0.3) is 0 Å². The molecule has 7 heteroatoms. The van der Waals surface area contributed by atoms with Crippen LogP contribution in [0.4, 0.5) is 0 Å². The molecule has 0 saturated heterocycles. The Morgan fingerprint density at radius 2 is 2.20 bits per heavy atom. The first-order valence-electron chi connectivity index (χ1n) is 4.56. The van der Waals surface area contributed by atoms with Crippen LogP contribution in [0.15, 0.2) is 10.2 Å². The average molecular weight is 225 g/mol. The van der Waals surface area contributed by atoms with E-state index in [1.165, 1.54) is 11.3 Å². The van der Waals surface area contributed by atoms with Gasteiger partial charge in [-0.15, -0.1) is 5.10 Å². The molecule has 2 heterocycles. The Morgan fingerprint density at radius 3 is 2.73 bits per heavy atom. The summed E-state index contributed by atoms with van der Waals surface area (Å²) in [5.74, 6) is 0.760. The molecular weight excluding hydrogens is 214 g/mol. The first-order valence-corrected chi connectivity index (χ1v) is 5.44. The van der Waals surface area contributed by atoms with E-state index in [4.69, 9.17) is 0 Å². The Kier molecular flexibility index (Phi) is 2.63. The highest BCUT2D eigenvalue weighted by Gasteiger charge is 2.04. The maximum Gasteiger partial charge on any atom is 0.307 e. The van der Waals surface area contributed by atoms with Gasteiger partial charge in [0.1, 0.15) is 5.82 Å². The number of thiazole rings is 1. The van der Waals surface area contributed by atoms with Gasteiger partial charge >= 0.3 is 4.87 Å². The first kappa shape index (κ1) is 10.0. The molecule has 0 aliphatic rings. The molecule has 0 fully saturated rings. The van der Waals surface area contributed by atoms with Crippen molar-refractivity contribution in [3.05, 3.63) is 26.6 Å². The fraction of sp³-hybridized carbons (Fsp3) is 0.500. The molecule has 0 atom stereocenters. The highest BCUT2D eigenvalue weighted by Crippen LogP contribution is 2.00. The second-order valence-corrected chi connectivity index (χ2v) is 4.06. The maximum absolute atomic E-state index is 11.4. The van der Waals surface area contributed by atoms with Crippen LogP contribution in [0, 0.1) is 13.8 Å². The molecular formula is C8H11N5OS. The van der Waals surface area contributed by atoms with Crippen molar-refractivity contribution in [1.29, 1.82) is 0 Å². The smallest absolute Gasteiger partial charge is 0.301 e. The van der Waals surface area contributed by atoms with Gasteiger partial charge in [-0.1, -0.05) is 11.3 Å². The zero-order valence-electron chi connectivity index (χ0n) is 8.54. The second kappa shape index (κ2) is 3.93. The largest absolute Gasteiger partial charge is 0.307 e. The summed E-state index contributed by atoms with van der Waals surface area (Å²) >= 11 is 1.22. The highest BCUT2D eigenvalue weighted by molar-refractivity contribution is 7.07. The summed E-state index contributed by atoms with van der Waals surface area (Å²) in [6.45, 7) is 4.99. The van der Waals surface area contributed by atoms with Crippen LogP contribution < -0.4 is 4.87 Å². The molecule has 0 radical (unpaired) electrons. The standard InChI is InChI=1S/C8H11N5OS/c1-6-5-15-8(14)12(6)3-4-13-7(2)9-10-11-13/h5H,3-4H2,1-2H3. The van der Waals surface area contributed by atoms with Gasteiger partial charge < -0.3 is 4.57 Å². The van der Waals surface area contributed by atoms with Crippen molar-refractivity contribution in [2.24, 2.45) is 0 Å². The number of aryl methyl sites for hydroxylation is 3. The molecule has 0 spiro atoms. The molecule has 0 aromatic carbocycles. The minimum Gasteiger partial charge on any atom is -0.301 e. The van der Waals surface area contributed by atoms with E-state index >= 15 is 0 Å². The van der Waals surface area contributed by atoms with E-state index in [1.807, 2.05) is 19.2 Å². The van der Waals surface area contributed by atoms with Crippen LogP contribution in [0.5, 0.6) is 0 Å². The van der Waals surface area contributed by atoms with Gasteiger partial charge in [-0.05, 0) is 24.3 Å². The van der Waals surface area contributed by atoms with Crippen LogP contribution in [0.3, 0.4) is 0 Å².